The van der Waals surface area contributed by atoms with Crippen molar-refractivity contribution in [3.8, 4) is 22.5 Å². The molecule has 34 heavy (non-hydrogen) atoms. The van der Waals surface area contributed by atoms with Crippen LogP contribution in [0, 0.1) is 12.7 Å². The minimum Gasteiger partial charge on any atom is -0.366 e. The third-order valence-corrected chi connectivity index (χ3v) is 5.41. The first kappa shape index (κ1) is 21.6. The molecule has 5 rings (SSSR count). The van der Waals surface area contributed by atoms with Gasteiger partial charge in [0, 0.05) is 30.4 Å². The zero-order valence-corrected chi connectivity index (χ0v) is 18.2. The van der Waals surface area contributed by atoms with Crippen molar-refractivity contribution in [3.05, 3.63) is 78.3 Å². The fourth-order valence-electron chi connectivity index (χ4n) is 3.88. The summed E-state index contributed by atoms with van der Waals surface area (Å²) in [6.07, 6.45) is 6.36. The highest BCUT2D eigenvalue weighted by Gasteiger charge is 2.38. The first-order chi connectivity index (χ1) is 16.2. The largest absolute Gasteiger partial charge is 0.366 e. The summed E-state index contributed by atoms with van der Waals surface area (Å²) in [5.74, 6) is -3.50. The molecule has 0 saturated carbocycles. The molecule has 1 aromatic carbocycles. The van der Waals surface area contributed by atoms with Crippen LogP contribution in [0.1, 0.15) is 24.2 Å². The summed E-state index contributed by atoms with van der Waals surface area (Å²) in [6.45, 7) is 2.52. The van der Waals surface area contributed by atoms with Crippen LogP contribution in [0.15, 0.2) is 61.2 Å². The first-order valence-electron chi connectivity index (χ1n) is 10.3. The number of anilines is 1. The van der Waals surface area contributed by atoms with Gasteiger partial charge in [0.1, 0.15) is 11.9 Å². The number of alkyl halides is 2. The summed E-state index contributed by atoms with van der Waals surface area (Å²) in [5.41, 5.74) is 9.27. The van der Waals surface area contributed by atoms with E-state index in [2.05, 4.69) is 25.1 Å². The highest BCUT2D eigenvalue weighted by molar-refractivity contribution is 5.68. The van der Waals surface area contributed by atoms with E-state index < -0.39 is 17.8 Å². The molecule has 0 aliphatic rings. The molecule has 0 spiro atoms. The second kappa shape index (κ2) is 7.94. The molecule has 0 bridgehead atoms. The Morgan fingerprint density at radius 1 is 1.00 bits per heavy atom. The maximum Gasteiger partial charge on any atom is 0.271 e. The number of nitrogen functional groups attached to an aromatic ring is 1. The molecule has 8 nitrogen and oxygen atoms in total. The lowest BCUT2D eigenvalue weighted by Gasteiger charge is -2.24. The van der Waals surface area contributed by atoms with Crippen molar-refractivity contribution < 1.29 is 13.2 Å². The fourth-order valence-corrected chi connectivity index (χ4v) is 3.88. The molecular formula is C23H19F3N8. The summed E-state index contributed by atoms with van der Waals surface area (Å²) < 4.78 is 45.3. The Hall–Kier alpha value is -4.28. The highest BCUT2D eigenvalue weighted by atomic mass is 19.3. The predicted octanol–water partition coefficient (Wildman–Crippen LogP) is 4.32. The van der Waals surface area contributed by atoms with E-state index in [0.29, 0.717) is 28.3 Å². The molecule has 0 aliphatic heterocycles. The topological polar surface area (TPSA) is 99.8 Å². The van der Waals surface area contributed by atoms with Gasteiger partial charge in [-0.1, -0.05) is 12.1 Å². The molecule has 0 amide bonds. The lowest BCUT2D eigenvalue weighted by Crippen LogP contribution is -2.29. The van der Waals surface area contributed by atoms with E-state index in [4.69, 9.17) is 5.73 Å². The molecule has 0 radical (unpaired) electrons. The Morgan fingerprint density at radius 3 is 2.47 bits per heavy atom. The van der Waals surface area contributed by atoms with Gasteiger partial charge in [0.25, 0.3) is 5.92 Å². The third kappa shape index (κ3) is 3.96. The van der Waals surface area contributed by atoms with Gasteiger partial charge in [-0.15, -0.1) is 5.10 Å². The van der Waals surface area contributed by atoms with E-state index in [-0.39, 0.29) is 11.5 Å². The van der Waals surface area contributed by atoms with E-state index in [1.807, 2.05) is 0 Å². The van der Waals surface area contributed by atoms with Crippen LogP contribution in [-0.2, 0) is 0 Å². The number of pyridine rings is 1. The number of halogens is 3. The molecule has 4 heterocycles. The Balaban J connectivity index is 1.55. The fraction of sp³-hybridized carbons (Fsp3) is 0.174. The van der Waals surface area contributed by atoms with E-state index in [1.165, 1.54) is 23.0 Å². The number of nitrogens with zero attached hydrogens (tertiary/aromatic N) is 7. The van der Waals surface area contributed by atoms with Crippen LogP contribution in [0.25, 0.3) is 28.2 Å². The van der Waals surface area contributed by atoms with Gasteiger partial charge in [-0.25, -0.2) is 22.7 Å². The maximum absolute atomic E-state index is 14.6. The molecule has 0 aliphatic carbocycles. The number of rotatable bonds is 5. The molecule has 172 valence electrons. The highest BCUT2D eigenvalue weighted by Crippen LogP contribution is 2.36. The quantitative estimate of drug-likeness (QED) is 0.416. The van der Waals surface area contributed by atoms with Gasteiger partial charge in [-0.2, -0.15) is 10.1 Å². The van der Waals surface area contributed by atoms with Crippen molar-refractivity contribution in [1.82, 2.24) is 34.3 Å². The third-order valence-electron chi connectivity index (χ3n) is 5.41. The average Bonchev–Trinajstić information content (AvgIpc) is 3.35. The van der Waals surface area contributed by atoms with E-state index in [0.717, 1.165) is 24.6 Å². The summed E-state index contributed by atoms with van der Waals surface area (Å²) in [5, 5.41) is 8.39. The number of hydrogen-bond donors (Lipinski definition) is 1. The summed E-state index contributed by atoms with van der Waals surface area (Å²) in [7, 11) is 0. The molecule has 2 N–H and O–H groups in total. The maximum atomic E-state index is 14.6. The van der Waals surface area contributed by atoms with Crippen LogP contribution in [0.3, 0.4) is 0 Å². The van der Waals surface area contributed by atoms with Crippen molar-refractivity contribution in [2.45, 2.75) is 25.8 Å². The number of benzene rings is 1. The molecular weight excluding hydrogens is 445 g/mol. The van der Waals surface area contributed by atoms with Crippen LogP contribution in [0.5, 0.6) is 0 Å². The molecule has 4 aromatic heterocycles. The molecule has 1 unspecified atom stereocenters. The monoisotopic (exact) mass is 464 g/mol. The van der Waals surface area contributed by atoms with E-state index in [9.17, 15) is 13.2 Å². The molecule has 0 saturated heterocycles. The Labute approximate surface area is 191 Å². The van der Waals surface area contributed by atoms with Crippen LogP contribution in [0.2, 0.25) is 0 Å². The van der Waals surface area contributed by atoms with E-state index in [1.54, 1.807) is 42.2 Å². The number of hydrogen-bond acceptors (Lipinski definition) is 6. The molecule has 0 fully saturated rings. The second-order valence-corrected chi connectivity index (χ2v) is 8.00. The predicted molar refractivity (Wildman–Crippen MR) is 120 cm³/mol. The van der Waals surface area contributed by atoms with Crippen molar-refractivity contribution in [1.29, 1.82) is 0 Å². The van der Waals surface area contributed by atoms with Crippen molar-refractivity contribution in [2.24, 2.45) is 0 Å². The van der Waals surface area contributed by atoms with Gasteiger partial charge in [-0.05, 0) is 36.8 Å². The van der Waals surface area contributed by atoms with Gasteiger partial charge in [0.2, 0.25) is 5.95 Å². The lowest BCUT2D eigenvalue weighted by molar-refractivity contribution is -0.0217. The van der Waals surface area contributed by atoms with Gasteiger partial charge in [0.15, 0.2) is 5.65 Å². The molecule has 1 atom stereocenters. The first-order valence-corrected chi connectivity index (χ1v) is 10.3. The Kier molecular flexibility index (Phi) is 5.03. The standard InChI is InChI=1S/C23H19F3N8/c1-13-17(12-34(31-13)21(23(2,25)26)14-3-5-16(24)6-4-14)19-11-28-10-18(29-19)15-7-8-33-20(9-15)30-22(27)32-33/h3-12,21H,1-2H3,(H2,27,32). The normalized spacial score (nSPS) is 12.9. The van der Waals surface area contributed by atoms with Crippen LogP contribution in [-0.4, -0.2) is 40.3 Å². The van der Waals surface area contributed by atoms with Gasteiger partial charge < -0.3 is 5.73 Å². The van der Waals surface area contributed by atoms with Gasteiger partial charge in [-0.3, -0.25) is 9.67 Å². The second-order valence-electron chi connectivity index (χ2n) is 8.00. The molecule has 11 heteroatoms. The summed E-state index contributed by atoms with van der Waals surface area (Å²) in [6, 6.07) is 7.13. The van der Waals surface area contributed by atoms with Crippen molar-refractivity contribution in [2.75, 3.05) is 5.73 Å². The number of fused-ring (bicyclic) bond motifs is 1. The Bertz CT molecular complexity index is 1480. The SMILES string of the molecule is Cc1nn(C(c2ccc(F)cc2)C(C)(F)F)cc1-c1cncc(-c2ccn3nc(N)nc3c2)n1. The van der Waals surface area contributed by atoms with Gasteiger partial charge in [0.05, 0.1) is 29.5 Å². The van der Waals surface area contributed by atoms with Crippen molar-refractivity contribution in [3.63, 3.8) is 0 Å². The van der Waals surface area contributed by atoms with E-state index >= 15 is 0 Å². The zero-order chi connectivity index (χ0) is 24.0. The van der Waals surface area contributed by atoms with Crippen LogP contribution >= 0.6 is 0 Å². The summed E-state index contributed by atoms with van der Waals surface area (Å²) >= 11 is 0. The minimum absolute atomic E-state index is 0.156. The van der Waals surface area contributed by atoms with Crippen LogP contribution < -0.4 is 5.73 Å². The average molecular weight is 464 g/mol. The Morgan fingerprint density at radius 2 is 1.74 bits per heavy atom. The molecule has 5 aromatic rings. The summed E-state index contributed by atoms with van der Waals surface area (Å²) in [4.78, 5) is 13.1. The van der Waals surface area contributed by atoms with Crippen LogP contribution in [0.4, 0.5) is 19.1 Å². The lowest BCUT2D eigenvalue weighted by atomic mass is 10.0. The van der Waals surface area contributed by atoms with Crippen molar-refractivity contribution >= 4 is 11.6 Å². The number of aromatic nitrogens is 7. The smallest absolute Gasteiger partial charge is 0.271 e. The number of aryl methyl sites for hydroxylation is 1. The minimum atomic E-state index is -3.16. The van der Waals surface area contributed by atoms with Gasteiger partial charge >= 0.3 is 0 Å². The zero-order valence-electron chi connectivity index (χ0n) is 18.2. The number of nitrogens with two attached hydrogens (primary N) is 1.